The molecule has 3 aromatic rings. The minimum absolute atomic E-state index is 0.482. The second-order valence-electron chi connectivity index (χ2n) is 5.87. The molecule has 6 heteroatoms. The molecule has 2 N–H and O–H groups in total. The molecule has 3 rings (SSSR count). The lowest BCUT2D eigenvalue weighted by Crippen LogP contribution is -2.31. The zero-order valence-electron chi connectivity index (χ0n) is 14.8. The van der Waals surface area contributed by atoms with Crippen LogP contribution in [-0.2, 0) is 6.54 Å². The summed E-state index contributed by atoms with van der Waals surface area (Å²) in [5.41, 5.74) is 7.98. The first-order valence-electron chi connectivity index (χ1n) is 8.37. The Bertz CT molecular complexity index is 901. The highest BCUT2D eigenvalue weighted by Gasteiger charge is 2.10. The first-order valence-corrected chi connectivity index (χ1v) is 8.78. The van der Waals surface area contributed by atoms with Gasteiger partial charge in [-0.05, 0) is 43.8 Å². The van der Waals surface area contributed by atoms with Gasteiger partial charge in [0.2, 0.25) is 0 Å². The van der Waals surface area contributed by atoms with E-state index in [4.69, 9.17) is 12.2 Å². The van der Waals surface area contributed by atoms with Gasteiger partial charge >= 0.3 is 0 Å². The van der Waals surface area contributed by atoms with Crippen LogP contribution in [0.1, 0.15) is 22.5 Å². The standard InChI is InChI=1S/C20H21N5S/c1-15-19(16(2)25(24-15)18-11-7-4-8-12-18)14-22-23-20(26)21-13-17-9-5-3-6-10-17/h3-12,14H,13H2,1-2H3,(H2,21,23,26). The van der Waals surface area contributed by atoms with E-state index in [1.54, 1.807) is 6.21 Å². The molecule has 0 saturated heterocycles. The van der Waals surface area contributed by atoms with Crippen LogP contribution in [0.4, 0.5) is 0 Å². The lowest BCUT2D eigenvalue weighted by atomic mass is 10.2. The van der Waals surface area contributed by atoms with Crippen LogP contribution >= 0.6 is 12.2 Å². The number of para-hydroxylation sites is 1. The maximum Gasteiger partial charge on any atom is 0.187 e. The fourth-order valence-corrected chi connectivity index (χ4v) is 2.76. The summed E-state index contributed by atoms with van der Waals surface area (Å²) < 4.78 is 1.92. The van der Waals surface area contributed by atoms with Gasteiger partial charge in [-0.1, -0.05) is 48.5 Å². The summed E-state index contributed by atoms with van der Waals surface area (Å²) in [5.74, 6) is 0. The van der Waals surface area contributed by atoms with Crippen molar-refractivity contribution in [2.24, 2.45) is 5.10 Å². The number of thiocarbonyl (C=S) groups is 1. The first kappa shape index (κ1) is 17.8. The third-order valence-electron chi connectivity index (χ3n) is 4.00. The highest BCUT2D eigenvalue weighted by atomic mass is 32.1. The van der Waals surface area contributed by atoms with Crippen molar-refractivity contribution in [3.05, 3.63) is 83.2 Å². The minimum Gasteiger partial charge on any atom is -0.357 e. The van der Waals surface area contributed by atoms with Gasteiger partial charge in [-0.15, -0.1) is 0 Å². The normalized spacial score (nSPS) is 10.8. The molecule has 0 aliphatic carbocycles. The second-order valence-corrected chi connectivity index (χ2v) is 6.28. The van der Waals surface area contributed by atoms with Crippen molar-refractivity contribution in [2.75, 3.05) is 0 Å². The summed E-state index contributed by atoms with van der Waals surface area (Å²) in [7, 11) is 0. The van der Waals surface area contributed by atoms with E-state index in [9.17, 15) is 0 Å². The summed E-state index contributed by atoms with van der Waals surface area (Å²) in [4.78, 5) is 0. The average Bonchev–Trinajstić information content (AvgIpc) is 2.96. The number of nitrogens with zero attached hydrogens (tertiary/aromatic N) is 3. The van der Waals surface area contributed by atoms with Gasteiger partial charge in [-0.3, -0.25) is 5.43 Å². The van der Waals surface area contributed by atoms with Crippen LogP contribution in [0, 0.1) is 13.8 Å². The number of hydrogen-bond acceptors (Lipinski definition) is 3. The van der Waals surface area contributed by atoms with Gasteiger partial charge in [0.25, 0.3) is 0 Å². The van der Waals surface area contributed by atoms with Gasteiger partial charge in [0, 0.05) is 12.1 Å². The van der Waals surface area contributed by atoms with E-state index in [1.165, 1.54) is 0 Å². The molecule has 2 aromatic carbocycles. The number of nitrogens with one attached hydrogen (secondary N) is 2. The first-order chi connectivity index (χ1) is 12.6. The smallest absolute Gasteiger partial charge is 0.187 e. The van der Waals surface area contributed by atoms with Gasteiger partial charge < -0.3 is 5.32 Å². The zero-order chi connectivity index (χ0) is 18.4. The Morgan fingerprint density at radius 1 is 1.08 bits per heavy atom. The van der Waals surface area contributed by atoms with Gasteiger partial charge in [0.05, 0.1) is 23.3 Å². The van der Waals surface area contributed by atoms with Crippen LogP contribution in [-0.4, -0.2) is 21.1 Å². The third-order valence-corrected chi connectivity index (χ3v) is 4.24. The molecular formula is C20H21N5S. The third kappa shape index (κ3) is 4.34. The highest BCUT2D eigenvalue weighted by Crippen LogP contribution is 2.15. The molecule has 0 bridgehead atoms. The average molecular weight is 363 g/mol. The lowest BCUT2D eigenvalue weighted by molar-refractivity contribution is 0.833. The maximum atomic E-state index is 5.26. The largest absolute Gasteiger partial charge is 0.357 e. The van der Waals surface area contributed by atoms with E-state index in [0.29, 0.717) is 11.7 Å². The number of aryl methyl sites for hydroxylation is 1. The van der Waals surface area contributed by atoms with Crippen molar-refractivity contribution in [1.29, 1.82) is 0 Å². The minimum atomic E-state index is 0.482. The van der Waals surface area contributed by atoms with Crippen LogP contribution in [0.25, 0.3) is 5.69 Å². The molecule has 1 heterocycles. The molecule has 0 aliphatic heterocycles. The summed E-state index contributed by atoms with van der Waals surface area (Å²) in [6.45, 7) is 4.66. The SMILES string of the molecule is Cc1nn(-c2ccccc2)c(C)c1C=NNC(=S)NCc1ccccc1. The van der Waals surface area contributed by atoms with E-state index >= 15 is 0 Å². The Morgan fingerprint density at radius 3 is 2.42 bits per heavy atom. The molecule has 132 valence electrons. The van der Waals surface area contributed by atoms with Crippen molar-refractivity contribution in [3.8, 4) is 5.69 Å². The van der Waals surface area contributed by atoms with E-state index in [0.717, 1.165) is 28.2 Å². The van der Waals surface area contributed by atoms with Gasteiger partial charge in [-0.25, -0.2) is 4.68 Å². The maximum absolute atomic E-state index is 5.26. The fourth-order valence-electron chi connectivity index (χ4n) is 2.64. The quantitative estimate of drug-likeness (QED) is 0.414. The Labute approximate surface area is 158 Å². The van der Waals surface area contributed by atoms with Crippen LogP contribution < -0.4 is 10.7 Å². The predicted octanol–water partition coefficient (Wildman–Crippen LogP) is 3.49. The van der Waals surface area contributed by atoms with Crippen LogP contribution in [0.2, 0.25) is 0 Å². The number of benzene rings is 2. The number of rotatable bonds is 5. The van der Waals surface area contributed by atoms with E-state index in [2.05, 4.69) is 20.9 Å². The van der Waals surface area contributed by atoms with Crippen LogP contribution in [0.5, 0.6) is 0 Å². The Kier molecular flexibility index (Phi) is 5.76. The van der Waals surface area contributed by atoms with Crippen molar-refractivity contribution < 1.29 is 0 Å². The van der Waals surface area contributed by atoms with Crippen molar-refractivity contribution >= 4 is 23.5 Å². The summed E-state index contributed by atoms with van der Waals surface area (Å²) >= 11 is 5.26. The Hall–Kier alpha value is -2.99. The molecule has 0 amide bonds. The molecule has 26 heavy (non-hydrogen) atoms. The summed E-state index contributed by atoms with van der Waals surface area (Å²) in [6, 6.07) is 20.1. The Balaban J connectivity index is 1.62. The molecule has 0 spiro atoms. The van der Waals surface area contributed by atoms with Crippen LogP contribution in [0.15, 0.2) is 65.8 Å². The fraction of sp³-hybridized carbons (Fsp3) is 0.150. The van der Waals surface area contributed by atoms with Crippen molar-refractivity contribution in [3.63, 3.8) is 0 Å². The zero-order valence-corrected chi connectivity index (χ0v) is 15.6. The Morgan fingerprint density at radius 2 is 1.73 bits per heavy atom. The molecular weight excluding hydrogens is 342 g/mol. The molecule has 0 aliphatic rings. The van der Waals surface area contributed by atoms with Gasteiger partial charge in [0.1, 0.15) is 0 Å². The second kappa shape index (κ2) is 8.40. The molecule has 0 radical (unpaired) electrons. The number of aromatic nitrogens is 2. The van der Waals surface area contributed by atoms with Crippen molar-refractivity contribution in [2.45, 2.75) is 20.4 Å². The molecule has 0 fully saturated rings. The van der Waals surface area contributed by atoms with Crippen molar-refractivity contribution in [1.82, 2.24) is 20.5 Å². The molecule has 0 saturated carbocycles. The molecule has 1 aromatic heterocycles. The monoisotopic (exact) mass is 363 g/mol. The van der Waals surface area contributed by atoms with E-state index in [1.807, 2.05) is 79.2 Å². The lowest BCUT2D eigenvalue weighted by Gasteiger charge is -2.06. The number of hydrogen-bond donors (Lipinski definition) is 2. The van der Waals surface area contributed by atoms with Gasteiger partial charge in [0.15, 0.2) is 5.11 Å². The van der Waals surface area contributed by atoms with Gasteiger partial charge in [-0.2, -0.15) is 10.2 Å². The van der Waals surface area contributed by atoms with E-state index in [-0.39, 0.29) is 0 Å². The molecule has 0 atom stereocenters. The highest BCUT2D eigenvalue weighted by molar-refractivity contribution is 7.80. The topological polar surface area (TPSA) is 54.2 Å². The summed E-state index contributed by atoms with van der Waals surface area (Å²) in [5, 5.41) is 12.5. The number of hydrazone groups is 1. The molecule has 5 nitrogen and oxygen atoms in total. The molecule has 0 unspecified atom stereocenters. The van der Waals surface area contributed by atoms with E-state index < -0.39 is 0 Å². The van der Waals surface area contributed by atoms with Crippen LogP contribution in [0.3, 0.4) is 0 Å². The summed E-state index contributed by atoms with van der Waals surface area (Å²) in [6.07, 6.45) is 1.76. The predicted molar refractivity (Wildman–Crippen MR) is 110 cm³/mol.